The van der Waals surface area contributed by atoms with Crippen LogP contribution in [-0.4, -0.2) is 52.9 Å². The third-order valence-corrected chi connectivity index (χ3v) is 5.48. The van der Waals surface area contributed by atoms with E-state index in [-0.39, 0.29) is 24.3 Å². The lowest BCUT2D eigenvalue weighted by Gasteiger charge is -2.41. The van der Waals surface area contributed by atoms with Crippen molar-refractivity contribution in [2.24, 2.45) is 5.92 Å². The second-order valence-corrected chi connectivity index (χ2v) is 8.03. The number of hydrogen-bond acceptors (Lipinski definition) is 3. The average molecular weight is 384 g/mol. The van der Waals surface area contributed by atoms with Crippen molar-refractivity contribution in [3.8, 4) is 0 Å². The topological polar surface area (TPSA) is 83.4 Å². The number of rotatable bonds is 6. The van der Waals surface area contributed by atoms with Gasteiger partial charge in [0.25, 0.3) is 5.91 Å². The van der Waals surface area contributed by atoms with Crippen LogP contribution >= 0.6 is 0 Å². The summed E-state index contributed by atoms with van der Waals surface area (Å²) < 4.78 is 1.89. The minimum absolute atomic E-state index is 0.103. The molecular formula is C21H28N4O3. The fraction of sp³-hybridized carbons (Fsp3) is 0.476. The first-order valence-corrected chi connectivity index (χ1v) is 9.65. The van der Waals surface area contributed by atoms with Crippen LogP contribution in [0.25, 0.3) is 10.9 Å². The third-order valence-electron chi connectivity index (χ3n) is 5.48. The fourth-order valence-electron chi connectivity index (χ4n) is 3.51. The summed E-state index contributed by atoms with van der Waals surface area (Å²) in [6.07, 6.45) is 0.887. The molecule has 0 fully saturated rings. The highest BCUT2D eigenvalue weighted by Gasteiger charge is 2.45. The maximum atomic E-state index is 12.9. The average Bonchev–Trinajstić information content (AvgIpc) is 3.02. The number of benzene rings is 1. The van der Waals surface area contributed by atoms with Crippen LogP contribution in [0.3, 0.4) is 0 Å². The lowest BCUT2D eigenvalue weighted by atomic mass is 9.95. The summed E-state index contributed by atoms with van der Waals surface area (Å²) in [5.41, 5.74) is 0.411. The van der Waals surface area contributed by atoms with Crippen molar-refractivity contribution in [2.45, 2.75) is 39.3 Å². The van der Waals surface area contributed by atoms with Crippen LogP contribution < -0.4 is 10.6 Å². The van der Waals surface area contributed by atoms with Gasteiger partial charge in [-0.3, -0.25) is 14.4 Å². The van der Waals surface area contributed by atoms with Gasteiger partial charge in [-0.05, 0) is 31.4 Å². The van der Waals surface area contributed by atoms with Crippen LogP contribution in [0.2, 0.25) is 0 Å². The van der Waals surface area contributed by atoms with E-state index in [4.69, 9.17) is 0 Å². The molecule has 0 spiro atoms. The number of hydrogen-bond donors (Lipinski definition) is 2. The van der Waals surface area contributed by atoms with Gasteiger partial charge in [0.05, 0.1) is 13.1 Å². The molecule has 0 radical (unpaired) electrons. The summed E-state index contributed by atoms with van der Waals surface area (Å²) in [7, 11) is 1.63. The highest BCUT2D eigenvalue weighted by molar-refractivity contribution is 6.03. The molecule has 1 unspecified atom stereocenters. The van der Waals surface area contributed by atoms with Crippen molar-refractivity contribution >= 4 is 28.6 Å². The molecule has 2 heterocycles. The summed E-state index contributed by atoms with van der Waals surface area (Å²) in [4.78, 5) is 39.3. The van der Waals surface area contributed by atoms with Crippen LogP contribution in [0.15, 0.2) is 30.3 Å². The number of fused-ring (bicyclic) bond motifs is 3. The molecule has 1 aromatic carbocycles. The molecule has 1 aliphatic rings. The number of carbonyl (C=O) groups excluding carboxylic acids is 3. The van der Waals surface area contributed by atoms with Gasteiger partial charge in [-0.2, -0.15) is 0 Å². The molecule has 28 heavy (non-hydrogen) atoms. The Morgan fingerprint density at radius 2 is 1.93 bits per heavy atom. The number of amides is 3. The van der Waals surface area contributed by atoms with Crippen LogP contribution in [0.5, 0.6) is 0 Å². The molecule has 150 valence electrons. The maximum absolute atomic E-state index is 12.9. The second kappa shape index (κ2) is 7.66. The third kappa shape index (κ3) is 3.61. The minimum atomic E-state index is -1.08. The van der Waals surface area contributed by atoms with E-state index in [2.05, 4.69) is 24.5 Å². The van der Waals surface area contributed by atoms with Gasteiger partial charge >= 0.3 is 0 Å². The van der Waals surface area contributed by atoms with E-state index in [9.17, 15) is 14.4 Å². The Hall–Kier alpha value is -2.83. The minimum Gasteiger partial charge on any atom is -0.355 e. The highest BCUT2D eigenvalue weighted by Crippen LogP contribution is 2.31. The zero-order valence-electron chi connectivity index (χ0n) is 16.9. The van der Waals surface area contributed by atoms with Gasteiger partial charge in [0.2, 0.25) is 11.8 Å². The first-order valence-electron chi connectivity index (χ1n) is 9.65. The van der Waals surface area contributed by atoms with E-state index in [0.717, 1.165) is 17.3 Å². The second-order valence-electron chi connectivity index (χ2n) is 8.03. The largest absolute Gasteiger partial charge is 0.355 e. The smallest absolute Gasteiger partial charge is 0.271 e. The molecule has 1 atom stereocenters. The van der Waals surface area contributed by atoms with Gasteiger partial charge in [-0.1, -0.05) is 32.0 Å². The monoisotopic (exact) mass is 384 g/mol. The Balaban J connectivity index is 1.73. The Morgan fingerprint density at radius 3 is 2.64 bits per heavy atom. The molecule has 2 aromatic rings. The number of nitrogens with zero attached hydrogens (tertiary/aromatic N) is 2. The van der Waals surface area contributed by atoms with Crippen molar-refractivity contribution in [1.82, 2.24) is 20.1 Å². The number of nitrogens with one attached hydrogen (secondary N) is 2. The lowest BCUT2D eigenvalue weighted by Crippen LogP contribution is -2.63. The molecule has 1 aliphatic heterocycles. The van der Waals surface area contributed by atoms with E-state index in [1.54, 1.807) is 14.0 Å². The van der Waals surface area contributed by atoms with Crippen molar-refractivity contribution < 1.29 is 14.4 Å². The fourth-order valence-corrected chi connectivity index (χ4v) is 3.51. The Bertz CT molecular complexity index is 918. The molecule has 0 aliphatic carbocycles. The molecule has 0 saturated carbocycles. The van der Waals surface area contributed by atoms with E-state index in [1.165, 1.54) is 4.90 Å². The highest BCUT2D eigenvalue weighted by atomic mass is 16.2. The summed E-state index contributed by atoms with van der Waals surface area (Å²) in [5, 5.41) is 6.46. The molecule has 0 bridgehead atoms. The molecule has 3 rings (SSSR count). The number of para-hydroxylation sites is 1. The standard InChI is InChI=1S/C21H28N4O3/c1-14(2)9-10-22-18(26)12-23-20(28)21(3)13-25-16-8-6-5-7-15(16)11-17(25)19(27)24(21)4/h5-8,11,14H,9-10,12-13H2,1-4H3,(H,22,26)(H,23,28). The molecule has 7 heteroatoms. The van der Waals surface area contributed by atoms with Gasteiger partial charge in [-0.15, -0.1) is 0 Å². The summed E-state index contributed by atoms with van der Waals surface area (Å²) in [5.74, 6) is -0.275. The van der Waals surface area contributed by atoms with Gasteiger partial charge in [0.1, 0.15) is 11.2 Å². The quantitative estimate of drug-likeness (QED) is 0.796. The van der Waals surface area contributed by atoms with Crippen molar-refractivity contribution in [1.29, 1.82) is 0 Å². The SMILES string of the molecule is CC(C)CCNC(=O)CNC(=O)C1(C)Cn2c(cc3ccccc32)C(=O)N1C. The Labute approximate surface area is 165 Å². The predicted molar refractivity (Wildman–Crippen MR) is 108 cm³/mol. The van der Waals surface area contributed by atoms with Gasteiger partial charge in [-0.25, -0.2) is 0 Å². The Kier molecular flexibility index (Phi) is 5.45. The molecule has 3 amide bonds. The van der Waals surface area contributed by atoms with Crippen LogP contribution in [-0.2, 0) is 16.1 Å². The summed E-state index contributed by atoms with van der Waals surface area (Å²) in [6, 6.07) is 9.59. The molecule has 2 N–H and O–H groups in total. The van der Waals surface area contributed by atoms with Crippen molar-refractivity contribution in [3.05, 3.63) is 36.0 Å². The zero-order valence-corrected chi connectivity index (χ0v) is 16.9. The van der Waals surface area contributed by atoms with E-state index in [1.807, 2.05) is 34.9 Å². The van der Waals surface area contributed by atoms with Crippen LogP contribution in [0.4, 0.5) is 0 Å². The maximum Gasteiger partial charge on any atom is 0.271 e. The summed E-state index contributed by atoms with van der Waals surface area (Å²) in [6.45, 7) is 6.72. The first kappa shape index (κ1) is 19.9. The van der Waals surface area contributed by atoms with E-state index in [0.29, 0.717) is 24.7 Å². The molecule has 1 aromatic heterocycles. The van der Waals surface area contributed by atoms with Crippen molar-refractivity contribution in [2.75, 3.05) is 20.1 Å². The Morgan fingerprint density at radius 1 is 1.21 bits per heavy atom. The normalized spacial score (nSPS) is 19.0. The summed E-state index contributed by atoms with van der Waals surface area (Å²) >= 11 is 0. The first-order chi connectivity index (χ1) is 13.2. The van der Waals surface area contributed by atoms with Gasteiger partial charge in [0.15, 0.2) is 0 Å². The number of carbonyl (C=O) groups is 3. The molecule has 7 nitrogen and oxygen atoms in total. The van der Waals surface area contributed by atoms with Crippen LogP contribution in [0.1, 0.15) is 37.7 Å². The number of aromatic nitrogens is 1. The predicted octanol–water partition coefficient (Wildman–Crippen LogP) is 1.76. The zero-order chi connectivity index (χ0) is 20.5. The lowest BCUT2D eigenvalue weighted by molar-refractivity contribution is -0.134. The van der Waals surface area contributed by atoms with E-state index >= 15 is 0 Å². The van der Waals surface area contributed by atoms with E-state index < -0.39 is 5.54 Å². The molecular weight excluding hydrogens is 356 g/mol. The van der Waals surface area contributed by atoms with Gasteiger partial charge in [0, 0.05) is 24.5 Å². The van der Waals surface area contributed by atoms with Crippen molar-refractivity contribution in [3.63, 3.8) is 0 Å². The van der Waals surface area contributed by atoms with Gasteiger partial charge < -0.3 is 20.1 Å². The number of likely N-dealkylation sites (N-methyl/N-ethyl adjacent to an activating group) is 1. The van der Waals surface area contributed by atoms with Crippen LogP contribution in [0, 0.1) is 5.92 Å². The molecule has 0 saturated heterocycles.